The fraction of sp³-hybridized carbons (Fsp3) is 0.235. The van der Waals surface area contributed by atoms with Crippen LogP contribution in [0.2, 0.25) is 5.02 Å². The van der Waals surface area contributed by atoms with Gasteiger partial charge in [0.05, 0.1) is 25.9 Å². The van der Waals surface area contributed by atoms with Gasteiger partial charge in [0.2, 0.25) is 5.82 Å². The van der Waals surface area contributed by atoms with Crippen molar-refractivity contribution >= 4 is 11.6 Å². The first-order valence-electron chi connectivity index (χ1n) is 7.54. The zero-order valence-corrected chi connectivity index (χ0v) is 13.7. The van der Waals surface area contributed by atoms with Crippen molar-refractivity contribution in [3.8, 4) is 11.4 Å². The molecular weight excluding hydrogens is 328 g/mol. The molecule has 1 N–H and O–H groups in total. The third-order valence-electron chi connectivity index (χ3n) is 3.35. The van der Waals surface area contributed by atoms with Crippen molar-refractivity contribution in [1.82, 2.24) is 20.2 Å². The number of hydrogen-bond donors (Lipinski definition) is 1. The maximum Gasteiger partial charge on any atom is 0.204 e. The molecule has 0 amide bonds. The molecular formula is C17H17ClN4O2. The van der Waals surface area contributed by atoms with Gasteiger partial charge in [0.1, 0.15) is 0 Å². The Morgan fingerprint density at radius 2 is 1.83 bits per heavy atom. The molecule has 0 unspecified atom stereocenters. The lowest BCUT2D eigenvalue weighted by atomic mass is 10.2. The summed E-state index contributed by atoms with van der Waals surface area (Å²) < 4.78 is 5.50. The highest BCUT2D eigenvalue weighted by atomic mass is 35.5. The molecule has 24 heavy (non-hydrogen) atoms. The van der Waals surface area contributed by atoms with Crippen LogP contribution in [-0.4, -0.2) is 38.0 Å². The Morgan fingerprint density at radius 1 is 1.08 bits per heavy atom. The van der Waals surface area contributed by atoms with E-state index in [0.29, 0.717) is 17.5 Å². The van der Waals surface area contributed by atoms with Crippen LogP contribution >= 0.6 is 11.6 Å². The Labute approximate surface area is 144 Å². The van der Waals surface area contributed by atoms with Crippen LogP contribution in [0.25, 0.3) is 11.4 Å². The molecule has 1 aromatic heterocycles. The van der Waals surface area contributed by atoms with Gasteiger partial charge in [0.15, 0.2) is 0 Å². The fourth-order valence-corrected chi connectivity index (χ4v) is 2.29. The average molecular weight is 345 g/mol. The standard InChI is InChI=1S/C17H17ClN4O2/c18-15-8-6-14(7-9-15)17-19-21-22(20-17)10-16(23)12-24-11-13-4-2-1-3-5-13/h1-9,16,23H,10-12H2/t16-/m0/s1. The van der Waals surface area contributed by atoms with Gasteiger partial charge in [-0.25, -0.2) is 0 Å². The molecule has 0 aliphatic rings. The molecule has 3 rings (SSSR count). The number of rotatable bonds is 7. The van der Waals surface area contributed by atoms with Crippen LogP contribution in [-0.2, 0) is 17.9 Å². The minimum atomic E-state index is -0.707. The SMILES string of the molecule is O[C@H](COCc1ccccc1)Cn1nnc(-c2ccc(Cl)cc2)n1. The topological polar surface area (TPSA) is 73.1 Å². The summed E-state index contributed by atoms with van der Waals surface area (Å²) in [5, 5.41) is 22.9. The highest BCUT2D eigenvalue weighted by molar-refractivity contribution is 6.30. The number of hydrogen-bond acceptors (Lipinski definition) is 5. The molecule has 0 saturated carbocycles. The lowest BCUT2D eigenvalue weighted by Gasteiger charge is -2.10. The lowest BCUT2D eigenvalue weighted by molar-refractivity contribution is 0.0165. The second kappa shape index (κ2) is 8.01. The number of aliphatic hydroxyl groups excluding tert-OH is 1. The molecule has 0 spiro atoms. The summed E-state index contributed by atoms with van der Waals surface area (Å²) >= 11 is 5.86. The van der Waals surface area contributed by atoms with E-state index in [4.69, 9.17) is 16.3 Å². The number of ether oxygens (including phenoxy) is 1. The molecule has 3 aromatic rings. The summed E-state index contributed by atoms with van der Waals surface area (Å²) in [6, 6.07) is 17.0. The lowest BCUT2D eigenvalue weighted by Crippen LogP contribution is -2.23. The molecule has 0 aliphatic heterocycles. The Morgan fingerprint density at radius 3 is 2.58 bits per heavy atom. The quantitative estimate of drug-likeness (QED) is 0.713. The first kappa shape index (κ1) is 16.6. The van der Waals surface area contributed by atoms with Crippen molar-refractivity contribution in [3.05, 3.63) is 65.2 Å². The van der Waals surface area contributed by atoms with E-state index in [1.165, 1.54) is 4.80 Å². The van der Waals surface area contributed by atoms with Gasteiger partial charge in [0.25, 0.3) is 0 Å². The molecule has 0 fully saturated rings. The molecule has 2 aromatic carbocycles. The molecule has 7 heteroatoms. The van der Waals surface area contributed by atoms with Crippen molar-refractivity contribution < 1.29 is 9.84 Å². The zero-order chi connectivity index (χ0) is 16.8. The van der Waals surface area contributed by atoms with Crippen molar-refractivity contribution in [1.29, 1.82) is 0 Å². The highest BCUT2D eigenvalue weighted by Crippen LogP contribution is 2.16. The summed E-state index contributed by atoms with van der Waals surface area (Å²) in [6.07, 6.45) is -0.707. The molecule has 1 heterocycles. The van der Waals surface area contributed by atoms with E-state index >= 15 is 0 Å². The second-order valence-electron chi connectivity index (χ2n) is 5.33. The number of nitrogens with zero attached hydrogens (tertiary/aromatic N) is 4. The van der Waals surface area contributed by atoms with Crippen molar-refractivity contribution in [2.45, 2.75) is 19.3 Å². The fourth-order valence-electron chi connectivity index (χ4n) is 2.16. The first-order valence-corrected chi connectivity index (χ1v) is 7.92. The van der Waals surface area contributed by atoms with Crippen LogP contribution in [0.1, 0.15) is 5.56 Å². The monoisotopic (exact) mass is 344 g/mol. The molecule has 6 nitrogen and oxygen atoms in total. The highest BCUT2D eigenvalue weighted by Gasteiger charge is 2.10. The van der Waals surface area contributed by atoms with Crippen LogP contribution in [0.3, 0.4) is 0 Å². The molecule has 0 aliphatic carbocycles. The Hall–Kier alpha value is -2.28. The number of halogens is 1. The summed E-state index contributed by atoms with van der Waals surface area (Å²) in [6.45, 7) is 0.876. The van der Waals surface area contributed by atoms with Crippen LogP contribution in [0.5, 0.6) is 0 Å². The van der Waals surface area contributed by atoms with Gasteiger partial charge < -0.3 is 9.84 Å². The summed E-state index contributed by atoms with van der Waals surface area (Å²) in [5.74, 6) is 0.490. The molecule has 124 valence electrons. The Kier molecular flexibility index (Phi) is 5.53. The Balaban J connectivity index is 1.50. The number of tetrazole rings is 1. The number of aliphatic hydroxyl groups is 1. The maximum absolute atomic E-state index is 10.0. The largest absolute Gasteiger partial charge is 0.389 e. The van der Waals surface area contributed by atoms with Gasteiger partial charge in [-0.1, -0.05) is 41.9 Å². The van der Waals surface area contributed by atoms with Gasteiger partial charge in [-0.05, 0) is 35.0 Å². The molecule has 0 saturated heterocycles. The van der Waals surface area contributed by atoms with Gasteiger partial charge >= 0.3 is 0 Å². The maximum atomic E-state index is 10.0. The Bertz CT molecular complexity index is 762. The van der Waals surface area contributed by atoms with Crippen LogP contribution in [0.4, 0.5) is 0 Å². The second-order valence-corrected chi connectivity index (χ2v) is 5.77. The summed E-state index contributed by atoms with van der Waals surface area (Å²) in [5.41, 5.74) is 1.88. The third-order valence-corrected chi connectivity index (χ3v) is 3.60. The molecule has 0 bridgehead atoms. The van der Waals surface area contributed by atoms with E-state index in [0.717, 1.165) is 11.1 Å². The summed E-state index contributed by atoms with van der Waals surface area (Å²) in [4.78, 5) is 1.36. The van der Waals surface area contributed by atoms with E-state index < -0.39 is 6.10 Å². The van der Waals surface area contributed by atoms with Gasteiger partial charge in [-0.3, -0.25) is 0 Å². The van der Waals surface area contributed by atoms with E-state index in [2.05, 4.69) is 15.4 Å². The normalized spacial score (nSPS) is 12.2. The predicted octanol–water partition coefficient (Wildman–Crippen LogP) is 2.57. The molecule has 1 atom stereocenters. The number of benzene rings is 2. The van der Waals surface area contributed by atoms with E-state index in [-0.39, 0.29) is 13.2 Å². The third kappa shape index (κ3) is 4.61. The van der Waals surface area contributed by atoms with E-state index in [9.17, 15) is 5.11 Å². The van der Waals surface area contributed by atoms with Gasteiger partial charge in [-0.15, -0.1) is 10.2 Å². The van der Waals surface area contributed by atoms with E-state index in [1.807, 2.05) is 42.5 Å². The van der Waals surface area contributed by atoms with Crippen LogP contribution in [0.15, 0.2) is 54.6 Å². The minimum Gasteiger partial charge on any atom is -0.389 e. The molecule has 0 radical (unpaired) electrons. The van der Waals surface area contributed by atoms with Crippen molar-refractivity contribution in [3.63, 3.8) is 0 Å². The van der Waals surface area contributed by atoms with Gasteiger partial charge in [-0.2, -0.15) is 4.80 Å². The van der Waals surface area contributed by atoms with Crippen LogP contribution in [0, 0.1) is 0 Å². The summed E-state index contributed by atoms with van der Waals surface area (Å²) in [7, 11) is 0. The zero-order valence-electron chi connectivity index (χ0n) is 12.9. The predicted molar refractivity (Wildman–Crippen MR) is 90.4 cm³/mol. The first-order chi connectivity index (χ1) is 11.7. The average Bonchev–Trinajstić information content (AvgIpc) is 3.05. The van der Waals surface area contributed by atoms with Crippen molar-refractivity contribution in [2.75, 3.05) is 6.61 Å². The smallest absolute Gasteiger partial charge is 0.204 e. The van der Waals surface area contributed by atoms with Crippen molar-refractivity contribution in [2.24, 2.45) is 0 Å². The van der Waals surface area contributed by atoms with Gasteiger partial charge in [0, 0.05) is 10.6 Å². The van der Waals surface area contributed by atoms with Crippen LogP contribution < -0.4 is 0 Å². The number of aromatic nitrogens is 4. The van der Waals surface area contributed by atoms with E-state index in [1.54, 1.807) is 12.1 Å². The minimum absolute atomic E-state index is 0.201.